The van der Waals surface area contributed by atoms with Gasteiger partial charge in [0.2, 0.25) is 0 Å². The van der Waals surface area contributed by atoms with E-state index in [4.69, 9.17) is 9.47 Å². The average Bonchev–Trinajstić information content (AvgIpc) is 3.23. The van der Waals surface area contributed by atoms with Crippen molar-refractivity contribution in [3.05, 3.63) is 0 Å². The van der Waals surface area contributed by atoms with Crippen molar-refractivity contribution < 1.29 is 24.2 Å². The van der Waals surface area contributed by atoms with Crippen LogP contribution in [0.5, 0.6) is 0 Å². The number of fused-ring (bicyclic) bond motifs is 4. The van der Waals surface area contributed by atoms with Crippen molar-refractivity contribution in [1.82, 2.24) is 0 Å². The molecule has 1 aliphatic heterocycles. The molecule has 0 aromatic heterocycles. The molecule has 27 heavy (non-hydrogen) atoms. The first kappa shape index (κ1) is 18.1. The molecule has 5 rings (SSSR count). The molecular formula is C22H32O5. The van der Waals surface area contributed by atoms with E-state index in [0.717, 1.165) is 44.9 Å². The molecule has 4 aliphatic carbocycles. The molecule has 1 N–H and O–H groups in total. The highest BCUT2D eigenvalue weighted by Crippen LogP contribution is 2.72. The number of carbonyl (C=O) groups excluding carboxylic acids is 2. The van der Waals surface area contributed by atoms with Crippen LogP contribution in [-0.2, 0) is 19.1 Å². The lowest BCUT2D eigenvalue weighted by Gasteiger charge is -2.59. The number of epoxide rings is 1. The molecule has 9 atom stereocenters. The number of carbonyl (C=O) groups is 2. The Hall–Kier alpha value is -0.940. The van der Waals surface area contributed by atoms with Crippen LogP contribution in [-0.4, -0.2) is 40.3 Å². The number of rotatable bonds is 2. The summed E-state index contributed by atoms with van der Waals surface area (Å²) in [5, 5.41) is 11.9. The third-order valence-electron chi connectivity index (χ3n) is 9.32. The topological polar surface area (TPSA) is 76.1 Å². The monoisotopic (exact) mass is 376 g/mol. The Balaban J connectivity index is 1.42. The van der Waals surface area contributed by atoms with Crippen LogP contribution in [0, 0.1) is 29.1 Å². The molecule has 1 spiro atoms. The summed E-state index contributed by atoms with van der Waals surface area (Å²) >= 11 is 0. The summed E-state index contributed by atoms with van der Waals surface area (Å²) in [5.74, 6) is 1.07. The first-order chi connectivity index (χ1) is 12.7. The first-order valence-electron chi connectivity index (χ1n) is 10.8. The molecule has 4 saturated carbocycles. The predicted octanol–water partition coefficient (Wildman–Crippen LogP) is 3.02. The molecule has 0 aromatic carbocycles. The lowest BCUT2D eigenvalue weighted by atomic mass is 9.46. The van der Waals surface area contributed by atoms with Gasteiger partial charge in [0.1, 0.15) is 17.5 Å². The maximum atomic E-state index is 12.2. The van der Waals surface area contributed by atoms with E-state index in [0.29, 0.717) is 18.3 Å². The maximum Gasteiger partial charge on any atom is 0.302 e. The van der Waals surface area contributed by atoms with Gasteiger partial charge in [-0.2, -0.15) is 0 Å². The highest BCUT2D eigenvalue weighted by atomic mass is 16.6. The fourth-order valence-electron chi connectivity index (χ4n) is 8.10. The highest BCUT2D eigenvalue weighted by Gasteiger charge is 2.82. The fraction of sp³-hybridized carbons (Fsp3) is 0.909. The molecular weight excluding hydrogens is 344 g/mol. The molecule has 5 aliphatic rings. The summed E-state index contributed by atoms with van der Waals surface area (Å²) in [6.07, 6.45) is 7.51. The minimum Gasteiger partial charge on any atom is -0.463 e. The second-order valence-electron chi connectivity index (χ2n) is 10.3. The van der Waals surface area contributed by atoms with Crippen molar-refractivity contribution in [2.75, 3.05) is 0 Å². The lowest BCUT2D eigenvalue weighted by molar-refractivity contribution is -0.176. The van der Waals surface area contributed by atoms with Crippen molar-refractivity contribution >= 4 is 11.8 Å². The molecule has 2 unspecified atom stereocenters. The molecule has 5 fully saturated rings. The summed E-state index contributed by atoms with van der Waals surface area (Å²) < 4.78 is 11.7. The van der Waals surface area contributed by atoms with Gasteiger partial charge in [0, 0.05) is 6.92 Å². The summed E-state index contributed by atoms with van der Waals surface area (Å²) in [5.41, 5.74) is -1.25. The Morgan fingerprint density at radius 1 is 1.04 bits per heavy atom. The number of ether oxygens (including phenoxy) is 2. The van der Waals surface area contributed by atoms with E-state index >= 15 is 0 Å². The third-order valence-corrected chi connectivity index (χ3v) is 9.32. The minimum absolute atomic E-state index is 0.0434. The smallest absolute Gasteiger partial charge is 0.302 e. The molecule has 1 heterocycles. The van der Waals surface area contributed by atoms with Crippen molar-refractivity contribution in [3.63, 3.8) is 0 Å². The zero-order valence-electron chi connectivity index (χ0n) is 16.7. The lowest BCUT2D eigenvalue weighted by Crippen LogP contribution is -2.63. The zero-order chi connectivity index (χ0) is 19.2. The van der Waals surface area contributed by atoms with Crippen LogP contribution in [0.1, 0.15) is 72.1 Å². The molecule has 5 heteroatoms. The van der Waals surface area contributed by atoms with Gasteiger partial charge < -0.3 is 14.6 Å². The number of ketones is 1. The second-order valence-corrected chi connectivity index (χ2v) is 10.3. The predicted molar refractivity (Wildman–Crippen MR) is 97.8 cm³/mol. The van der Waals surface area contributed by atoms with Gasteiger partial charge in [0.15, 0.2) is 0 Å². The quantitative estimate of drug-likeness (QED) is 0.592. The van der Waals surface area contributed by atoms with Crippen LogP contribution < -0.4 is 0 Å². The highest BCUT2D eigenvalue weighted by molar-refractivity contribution is 5.81. The summed E-state index contributed by atoms with van der Waals surface area (Å²) in [7, 11) is 0. The van der Waals surface area contributed by atoms with Crippen LogP contribution in [0.25, 0.3) is 0 Å². The van der Waals surface area contributed by atoms with Gasteiger partial charge in [-0.05, 0) is 81.5 Å². The SMILES string of the molecule is CC(=O)O[C@H]1CC[C@]2(C)C3C[C@H]4O[C@]45[C@@H](C(C)=O)CC[C@]5(O)C3CC[C@H]2C1. The largest absolute Gasteiger partial charge is 0.463 e. The van der Waals surface area contributed by atoms with Gasteiger partial charge in [0.05, 0.1) is 17.6 Å². The Morgan fingerprint density at radius 2 is 1.81 bits per heavy atom. The van der Waals surface area contributed by atoms with E-state index in [2.05, 4.69) is 6.92 Å². The fourth-order valence-corrected chi connectivity index (χ4v) is 8.10. The molecule has 0 aromatic rings. The van der Waals surface area contributed by atoms with Gasteiger partial charge in [-0.3, -0.25) is 9.59 Å². The number of aliphatic hydroxyl groups is 1. The molecule has 150 valence electrons. The van der Waals surface area contributed by atoms with E-state index in [1.54, 1.807) is 6.92 Å². The number of hydrogen-bond acceptors (Lipinski definition) is 5. The Morgan fingerprint density at radius 3 is 2.52 bits per heavy atom. The van der Waals surface area contributed by atoms with Crippen molar-refractivity contribution in [3.8, 4) is 0 Å². The normalized spacial score (nSPS) is 55.6. The molecule has 1 saturated heterocycles. The van der Waals surface area contributed by atoms with Gasteiger partial charge in [0.25, 0.3) is 0 Å². The maximum absolute atomic E-state index is 12.2. The molecule has 0 bridgehead atoms. The van der Waals surface area contributed by atoms with E-state index in [9.17, 15) is 14.7 Å². The van der Waals surface area contributed by atoms with E-state index < -0.39 is 11.2 Å². The summed E-state index contributed by atoms with van der Waals surface area (Å²) in [6.45, 7) is 5.55. The van der Waals surface area contributed by atoms with Crippen LogP contribution >= 0.6 is 0 Å². The molecule has 0 radical (unpaired) electrons. The zero-order valence-corrected chi connectivity index (χ0v) is 16.7. The van der Waals surface area contributed by atoms with Crippen molar-refractivity contribution in [2.24, 2.45) is 29.1 Å². The van der Waals surface area contributed by atoms with Crippen molar-refractivity contribution in [1.29, 1.82) is 0 Å². The van der Waals surface area contributed by atoms with Crippen LogP contribution in [0.3, 0.4) is 0 Å². The summed E-state index contributed by atoms with van der Waals surface area (Å²) in [6, 6.07) is 0. The van der Waals surface area contributed by atoms with Crippen LogP contribution in [0.2, 0.25) is 0 Å². The van der Waals surface area contributed by atoms with Gasteiger partial charge in [-0.1, -0.05) is 6.92 Å². The van der Waals surface area contributed by atoms with Gasteiger partial charge in [-0.25, -0.2) is 0 Å². The Kier molecular flexibility index (Phi) is 3.73. The van der Waals surface area contributed by atoms with Gasteiger partial charge in [-0.15, -0.1) is 0 Å². The Bertz CT molecular complexity index is 690. The first-order valence-corrected chi connectivity index (χ1v) is 10.8. The summed E-state index contributed by atoms with van der Waals surface area (Å²) in [4.78, 5) is 23.6. The number of esters is 1. The van der Waals surface area contributed by atoms with E-state index in [-0.39, 0.29) is 41.2 Å². The average molecular weight is 376 g/mol. The van der Waals surface area contributed by atoms with Crippen LogP contribution in [0.15, 0.2) is 0 Å². The standard InChI is InChI=1S/C22H32O5/c1-12(23)16-7-9-21(25)17-5-4-14-10-15(26-13(2)24)6-8-20(14,3)18(17)11-19-22(16,21)27-19/h14-19,25H,4-11H2,1-3H3/t14-,15-,16+,17?,18?,19+,20-,21-,22+/m0/s1. The molecule has 5 nitrogen and oxygen atoms in total. The van der Waals surface area contributed by atoms with E-state index in [1.807, 2.05) is 0 Å². The second kappa shape index (κ2) is 5.56. The van der Waals surface area contributed by atoms with Crippen LogP contribution in [0.4, 0.5) is 0 Å². The number of Topliss-reactive ketones (excluding diaryl/α,β-unsaturated/α-hetero) is 1. The Labute approximate surface area is 161 Å². The van der Waals surface area contributed by atoms with E-state index in [1.165, 1.54) is 6.92 Å². The minimum atomic E-state index is -0.836. The molecule has 0 amide bonds. The third kappa shape index (κ3) is 2.19. The van der Waals surface area contributed by atoms with Crippen molar-refractivity contribution in [2.45, 2.75) is 95.5 Å². The number of hydrogen-bond donors (Lipinski definition) is 1. The van der Waals surface area contributed by atoms with Gasteiger partial charge >= 0.3 is 5.97 Å².